The maximum atomic E-state index is 12.5. The smallest absolute Gasteiger partial charge is 0.238 e. The number of likely N-dealkylation sites (tertiary alicyclic amines) is 1. The molecule has 5 nitrogen and oxygen atoms in total. The first-order valence-corrected chi connectivity index (χ1v) is 13.1. The Morgan fingerprint density at radius 1 is 1.00 bits per heavy atom. The van der Waals surface area contributed by atoms with Crippen molar-refractivity contribution in [3.8, 4) is 0 Å². The number of carbonyl (C=O) groups excluding carboxylic acids is 1. The molecule has 0 spiro atoms. The summed E-state index contributed by atoms with van der Waals surface area (Å²) in [6.45, 7) is 11.6. The number of aryl methyl sites for hydroxylation is 1. The van der Waals surface area contributed by atoms with Gasteiger partial charge in [-0.2, -0.15) is 0 Å². The lowest BCUT2D eigenvalue weighted by atomic mass is 10.0. The minimum atomic E-state index is -0.178. The molecule has 0 unspecified atom stereocenters. The SMILES string of the molecule is CCN1CCC(n2cc(C)c3ccc(N(C(C)=O)N4CCCCC4)cc32)CC1.Fc1ccccc1. The monoisotopic (exact) mass is 478 g/mol. The second-order valence-electron chi connectivity index (χ2n) is 9.73. The van der Waals surface area contributed by atoms with Gasteiger partial charge in [-0.3, -0.25) is 4.79 Å². The number of aromatic nitrogens is 1. The Kier molecular flexibility index (Phi) is 8.58. The Bertz CT molecular complexity index is 1100. The van der Waals surface area contributed by atoms with Crippen molar-refractivity contribution in [3.63, 3.8) is 0 Å². The summed E-state index contributed by atoms with van der Waals surface area (Å²) in [7, 11) is 0. The first-order valence-electron chi connectivity index (χ1n) is 13.1. The van der Waals surface area contributed by atoms with E-state index in [4.69, 9.17) is 0 Å². The van der Waals surface area contributed by atoms with Gasteiger partial charge in [0.05, 0.1) is 11.2 Å². The minimum absolute atomic E-state index is 0.104. The zero-order valence-electron chi connectivity index (χ0n) is 21.4. The lowest BCUT2D eigenvalue weighted by molar-refractivity contribution is -0.119. The largest absolute Gasteiger partial charge is 0.344 e. The fourth-order valence-electron chi connectivity index (χ4n) is 5.40. The van der Waals surface area contributed by atoms with E-state index in [0.29, 0.717) is 6.04 Å². The van der Waals surface area contributed by atoms with Crippen LogP contribution in [-0.4, -0.2) is 53.1 Å². The van der Waals surface area contributed by atoms with Crippen LogP contribution in [0.15, 0.2) is 54.7 Å². The molecule has 0 aliphatic carbocycles. The lowest BCUT2D eigenvalue weighted by Gasteiger charge is -2.37. The highest BCUT2D eigenvalue weighted by Crippen LogP contribution is 2.33. The van der Waals surface area contributed by atoms with Gasteiger partial charge < -0.3 is 9.47 Å². The van der Waals surface area contributed by atoms with E-state index in [9.17, 15) is 9.18 Å². The van der Waals surface area contributed by atoms with Gasteiger partial charge in [0.25, 0.3) is 0 Å². The summed E-state index contributed by atoms with van der Waals surface area (Å²) in [4.78, 5) is 15.0. The topological polar surface area (TPSA) is 31.7 Å². The van der Waals surface area contributed by atoms with Gasteiger partial charge in [-0.05, 0) is 69.0 Å². The third-order valence-electron chi connectivity index (χ3n) is 7.31. The number of benzene rings is 2. The molecule has 3 heterocycles. The van der Waals surface area contributed by atoms with Crippen molar-refractivity contribution in [2.45, 2.75) is 58.9 Å². The van der Waals surface area contributed by atoms with Crippen molar-refractivity contribution in [1.29, 1.82) is 0 Å². The average molecular weight is 479 g/mol. The maximum absolute atomic E-state index is 12.5. The quantitative estimate of drug-likeness (QED) is 0.448. The summed E-state index contributed by atoms with van der Waals surface area (Å²) in [6, 6.07) is 15.1. The Balaban J connectivity index is 0.000000356. The molecule has 0 bridgehead atoms. The predicted octanol–water partition coefficient (Wildman–Crippen LogP) is 6.19. The number of nitrogens with zero attached hydrogens (tertiary/aromatic N) is 4. The summed E-state index contributed by atoms with van der Waals surface area (Å²) in [5.74, 6) is -0.0742. The van der Waals surface area contributed by atoms with Gasteiger partial charge in [0.15, 0.2) is 0 Å². The van der Waals surface area contributed by atoms with Gasteiger partial charge in [0.2, 0.25) is 5.91 Å². The molecule has 2 aromatic carbocycles. The van der Waals surface area contributed by atoms with Crippen LogP contribution < -0.4 is 5.01 Å². The molecule has 6 heteroatoms. The fourth-order valence-corrected chi connectivity index (χ4v) is 5.40. The first kappa shape index (κ1) is 25.4. The molecule has 2 aliphatic rings. The van der Waals surface area contributed by atoms with Crippen LogP contribution >= 0.6 is 0 Å². The van der Waals surface area contributed by atoms with Crippen LogP contribution in [0, 0.1) is 12.7 Å². The zero-order valence-corrected chi connectivity index (χ0v) is 21.4. The van der Waals surface area contributed by atoms with E-state index in [1.165, 1.54) is 61.0 Å². The molecular formula is C29H39FN4O. The number of carbonyl (C=O) groups is 1. The molecule has 188 valence electrons. The lowest BCUT2D eigenvalue weighted by Crippen LogP contribution is -2.48. The third-order valence-corrected chi connectivity index (χ3v) is 7.31. The molecule has 3 aromatic rings. The normalized spacial score (nSPS) is 17.7. The summed E-state index contributed by atoms with van der Waals surface area (Å²) >= 11 is 0. The van der Waals surface area contributed by atoms with Crippen molar-refractivity contribution in [3.05, 3.63) is 66.1 Å². The van der Waals surface area contributed by atoms with Gasteiger partial charge in [-0.15, -0.1) is 0 Å². The fraction of sp³-hybridized carbons (Fsp3) is 0.483. The van der Waals surface area contributed by atoms with Crippen molar-refractivity contribution in [1.82, 2.24) is 14.5 Å². The van der Waals surface area contributed by atoms with Crippen LogP contribution in [0.25, 0.3) is 10.9 Å². The number of piperidine rings is 2. The summed E-state index contributed by atoms with van der Waals surface area (Å²) in [6.07, 6.45) is 8.31. The highest BCUT2D eigenvalue weighted by atomic mass is 19.1. The number of hydrogen-bond donors (Lipinski definition) is 0. The molecule has 5 rings (SSSR count). The van der Waals surface area contributed by atoms with E-state index in [2.05, 4.69) is 52.7 Å². The van der Waals surface area contributed by atoms with Crippen LogP contribution in [-0.2, 0) is 4.79 Å². The molecule has 2 saturated heterocycles. The van der Waals surface area contributed by atoms with E-state index >= 15 is 0 Å². The zero-order chi connectivity index (χ0) is 24.8. The molecule has 1 aromatic heterocycles. The molecule has 2 aliphatic heterocycles. The summed E-state index contributed by atoms with van der Waals surface area (Å²) in [5.41, 5.74) is 3.60. The van der Waals surface area contributed by atoms with E-state index in [1.54, 1.807) is 25.1 Å². The van der Waals surface area contributed by atoms with E-state index < -0.39 is 0 Å². The maximum Gasteiger partial charge on any atom is 0.238 e. The number of fused-ring (bicyclic) bond motifs is 1. The number of halogens is 1. The molecule has 35 heavy (non-hydrogen) atoms. The van der Waals surface area contributed by atoms with Crippen LogP contribution in [0.5, 0.6) is 0 Å². The highest BCUT2D eigenvalue weighted by molar-refractivity contribution is 5.94. The van der Waals surface area contributed by atoms with Gasteiger partial charge in [-0.25, -0.2) is 14.4 Å². The standard InChI is InChI=1S/C23H34N4O.C6H5F/c1-4-24-14-10-20(11-15-24)26-17-18(2)22-9-8-21(16-23(22)26)27(19(3)28)25-12-6-5-7-13-25;7-6-4-2-1-3-5-6/h8-9,16-17,20H,4-7,10-15H2,1-3H3;1-5H. The minimum Gasteiger partial charge on any atom is -0.344 e. The highest BCUT2D eigenvalue weighted by Gasteiger charge is 2.25. The number of rotatable bonds is 4. The van der Waals surface area contributed by atoms with Crippen LogP contribution in [0.3, 0.4) is 0 Å². The van der Waals surface area contributed by atoms with Crippen molar-refractivity contribution in [2.24, 2.45) is 0 Å². The van der Waals surface area contributed by atoms with Gasteiger partial charge >= 0.3 is 0 Å². The van der Waals surface area contributed by atoms with Crippen LogP contribution in [0.4, 0.5) is 10.1 Å². The van der Waals surface area contributed by atoms with Gasteiger partial charge in [-0.1, -0.05) is 37.6 Å². The Morgan fingerprint density at radius 3 is 2.26 bits per heavy atom. The predicted molar refractivity (Wildman–Crippen MR) is 142 cm³/mol. The van der Waals surface area contributed by atoms with E-state index in [-0.39, 0.29) is 11.7 Å². The summed E-state index contributed by atoms with van der Waals surface area (Å²) in [5, 5.41) is 5.45. The summed E-state index contributed by atoms with van der Waals surface area (Å²) < 4.78 is 14.4. The van der Waals surface area contributed by atoms with Crippen molar-refractivity contribution >= 4 is 22.5 Å². The number of hydrazine groups is 1. The molecule has 0 N–H and O–H groups in total. The second kappa shape index (κ2) is 11.8. The number of hydrogen-bond acceptors (Lipinski definition) is 3. The van der Waals surface area contributed by atoms with Crippen LogP contribution in [0.1, 0.15) is 57.6 Å². The Morgan fingerprint density at radius 2 is 1.69 bits per heavy atom. The molecule has 0 atom stereocenters. The van der Waals surface area contributed by atoms with Gasteiger partial charge in [0, 0.05) is 50.7 Å². The van der Waals surface area contributed by atoms with Gasteiger partial charge in [0.1, 0.15) is 5.82 Å². The van der Waals surface area contributed by atoms with Crippen molar-refractivity contribution < 1.29 is 9.18 Å². The number of amides is 1. The molecule has 1 amide bonds. The van der Waals surface area contributed by atoms with Crippen molar-refractivity contribution in [2.75, 3.05) is 37.7 Å². The third kappa shape index (κ3) is 6.11. The van der Waals surface area contributed by atoms with E-state index in [1.807, 2.05) is 5.01 Å². The Hall–Kier alpha value is -2.70. The molecule has 0 radical (unpaired) electrons. The Labute approximate surface area is 209 Å². The van der Waals surface area contributed by atoms with Crippen LogP contribution in [0.2, 0.25) is 0 Å². The average Bonchev–Trinajstić information content (AvgIpc) is 3.21. The van der Waals surface area contributed by atoms with E-state index in [0.717, 1.165) is 38.2 Å². The molecule has 2 fully saturated rings. The molecule has 0 saturated carbocycles. The second-order valence-corrected chi connectivity index (χ2v) is 9.73. The molecular weight excluding hydrogens is 439 g/mol. The number of anilines is 1. The first-order chi connectivity index (χ1) is 17.0.